The molecule has 2 bridgehead atoms. The zero-order valence-electron chi connectivity index (χ0n) is 19.1. The average Bonchev–Trinajstić information content (AvgIpc) is 3.26. The van der Waals surface area contributed by atoms with E-state index < -0.39 is 0 Å². The number of hydrogen-bond donors (Lipinski definition) is 1. The van der Waals surface area contributed by atoms with E-state index in [4.69, 9.17) is 4.74 Å². The highest BCUT2D eigenvalue weighted by Gasteiger charge is 2.29. The van der Waals surface area contributed by atoms with Gasteiger partial charge in [-0.2, -0.15) is 0 Å². The summed E-state index contributed by atoms with van der Waals surface area (Å²) in [4.78, 5) is 29.2. The normalized spacial score (nSPS) is 21.2. The van der Waals surface area contributed by atoms with Crippen molar-refractivity contribution in [3.8, 4) is 0 Å². The standard InChI is InChI=1S/C23H33N5O4.H2/c1-17-12-28(18(2)15-29)22(30)10-7-11-27-13-20(24-25-27)16-32-21(17)14-26(3)23(31)19-8-5-4-6-9-19;/h4-6,8-9,13,17-18,21,29H,7,10-12,14-16H2,1-3H3;1H/t17-,18-,21-;/m0./s1. The van der Waals surface area contributed by atoms with Gasteiger partial charge in [0, 0.05) is 46.0 Å². The van der Waals surface area contributed by atoms with Gasteiger partial charge < -0.3 is 19.6 Å². The highest BCUT2D eigenvalue weighted by Crippen LogP contribution is 2.18. The quantitative estimate of drug-likeness (QED) is 0.754. The van der Waals surface area contributed by atoms with E-state index in [1.165, 1.54) is 0 Å². The molecule has 9 nitrogen and oxygen atoms in total. The Hall–Kier alpha value is -2.78. The molecule has 1 aromatic carbocycles. The molecule has 1 N–H and O–H groups in total. The number of carbonyl (C=O) groups is 2. The number of aryl methyl sites for hydroxylation is 1. The van der Waals surface area contributed by atoms with Crippen molar-refractivity contribution in [2.45, 2.75) is 52.0 Å². The van der Waals surface area contributed by atoms with E-state index in [9.17, 15) is 14.7 Å². The minimum atomic E-state index is -0.334. The van der Waals surface area contributed by atoms with Crippen molar-refractivity contribution >= 4 is 11.8 Å². The summed E-state index contributed by atoms with van der Waals surface area (Å²) in [6.07, 6.45) is 2.50. The molecule has 32 heavy (non-hydrogen) atoms. The van der Waals surface area contributed by atoms with Gasteiger partial charge in [0.1, 0.15) is 5.69 Å². The Morgan fingerprint density at radius 2 is 2.12 bits per heavy atom. The fourth-order valence-corrected chi connectivity index (χ4v) is 3.85. The first-order chi connectivity index (χ1) is 15.4. The third-order valence-electron chi connectivity index (χ3n) is 5.87. The number of aromatic nitrogens is 3. The molecule has 0 saturated heterocycles. The maximum absolute atomic E-state index is 12.9. The largest absolute Gasteiger partial charge is 0.394 e. The molecule has 0 saturated carbocycles. The average molecular weight is 446 g/mol. The van der Waals surface area contributed by atoms with E-state index >= 15 is 0 Å². The Labute approximate surface area is 190 Å². The van der Waals surface area contributed by atoms with Gasteiger partial charge >= 0.3 is 0 Å². The second kappa shape index (κ2) is 11.2. The molecule has 9 heteroatoms. The Bertz CT molecular complexity index is 894. The Morgan fingerprint density at radius 1 is 1.38 bits per heavy atom. The molecule has 0 radical (unpaired) electrons. The number of aliphatic hydroxyl groups is 1. The first kappa shape index (κ1) is 23.9. The summed E-state index contributed by atoms with van der Waals surface area (Å²) in [7, 11) is 1.75. The Kier molecular flexibility index (Phi) is 8.35. The van der Waals surface area contributed by atoms with Crippen LogP contribution in [0, 0.1) is 5.92 Å². The molecule has 0 unspecified atom stereocenters. The summed E-state index contributed by atoms with van der Waals surface area (Å²) in [5, 5.41) is 18.0. The summed E-state index contributed by atoms with van der Waals surface area (Å²) < 4.78 is 7.92. The highest BCUT2D eigenvalue weighted by molar-refractivity contribution is 5.94. The van der Waals surface area contributed by atoms with Crippen LogP contribution in [0.4, 0.5) is 0 Å². The summed E-state index contributed by atoms with van der Waals surface area (Å²) in [6, 6.07) is 8.82. The molecule has 3 atom stereocenters. The molecule has 0 spiro atoms. The first-order valence-electron chi connectivity index (χ1n) is 11.1. The van der Waals surface area contributed by atoms with Crippen molar-refractivity contribution in [1.29, 1.82) is 0 Å². The van der Waals surface area contributed by atoms with Crippen molar-refractivity contribution < 1.29 is 20.9 Å². The monoisotopic (exact) mass is 445 g/mol. The summed E-state index contributed by atoms with van der Waals surface area (Å²) in [5.74, 6) is -0.174. The van der Waals surface area contributed by atoms with Crippen LogP contribution in [0.3, 0.4) is 0 Å². The molecular weight excluding hydrogens is 410 g/mol. The zero-order valence-corrected chi connectivity index (χ0v) is 19.1. The van der Waals surface area contributed by atoms with Crippen molar-refractivity contribution in [2.24, 2.45) is 5.92 Å². The predicted molar refractivity (Wildman–Crippen MR) is 121 cm³/mol. The van der Waals surface area contributed by atoms with Crippen molar-refractivity contribution in [2.75, 3.05) is 26.7 Å². The minimum absolute atomic E-state index is 0. The number of amides is 2. The fraction of sp³-hybridized carbons (Fsp3) is 0.565. The summed E-state index contributed by atoms with van der Waals surface area (Å²) >= 11 is 0. The highest BCUT2D eigenvalue weighted by atomic mass is 16.5. The molecule has 2 heterocycles. The SMILES string of the molecule is C[C@H]1CN([C@@H](C)CO)C(=O)CCCn2cc(nn2)CO[C@H]1CN(C)C(=O)c1ccccc1.[HH]. The summed E-state index contributed by atoms with van der Waals surface area (Å²) in [6.45, 7) is 5.39. The van der Waals surface area contributed by atoms with Gasteiger partial charge in [-0.25, -0.2) is 0 Å². The Morgan fingerprint density at radius 3 is 2.84 bits per heavy atom. The third-order valence-corrected chi connectivity index (χ3v) is 5.87. The van der Waals surface area contributed by atoms with Crippen LogP contribution in [0.2, 0.25) is 0 Å². The number of hydrogen-bond acceptors (Lipinski definition) is 6. The molecule has 3 rings (SSSR count). The lowest BCUT2D eigenvalue weighted by atomic mass is 10.0. The first-order valence-corrected chi connectivity index (χ1v) is 11.1. The van der Waals surface area contributed by atoms with Gasteiger partial charge in [0.2, 0.25) is 5.91 Å². The number of likely N-dealkylation sites (N-methyl/N-ethyl adjacent to an activating group) is 1. The van der Waals surface area contributed by atoms with Crippen LogP contribution < -0.4 is 0 Å². The lowest BCUT2D eigenvalue weighted by molar-refractivity contribution is -0.136. The van der Waals surface area contributed by atoms with Crippen LogP contribution >= 0.6 is 0 Å². The molecular formula is C23H35N5O4. The van der Waals surface area contributed by atoms with Crippen LogP contribution in [-0.2, 0) is 22.7 Å². The molecule has 2 aromatic rings. The third kappa shape index (κ3) is 6.14. The van der Waals surface area contributed by atoms with E-state index in [2.05, 4.69) is 10.3 Å². The maximum Gasteiger partial charge on any atom is 0.253 e. The van der Waals surface area contributed by atoms with Crippen LogP contribution in [-0.4, -0.2) is 80.6 Å². The van der Waals surface area contributed by atoms with Gasteiger partial charge in [0.15, 0.2) is 0 Å². The van der Waals surface area contributed by atoms with Gasteiger partial charge in [-0.05, 0) is 25.5 Å². The number of aliphatic hydroxyl groups excluding tert-OH is 1. The number of nitrogens with zero attached hydrogens (tertiary/aromatic N) is 5. The van der Waals surface area contributed by atoms with Crippen molar-refractivity contribution in [3.05, 3.63) is 47.8 Å². The summed E-state index contributed by atoms with van der Waals surface area (Å²) in [5.41, 5.74) is 1.33. The molecule has 0 fully saturated rings. The topological polar surface area (TPSA) is 101 Å². The van der Waals surface area contributed by atoms with E-state index in [0.717, 1.165) is 0 Å². The second-order valence-corrected chi connectivity index (χ2v) is 8.53. The van der Waals surface area contributed by atoms with Crippen molar-refractivity contribution in [3.63, 3.8) is 0 Å². The minimum Gasteiger partial charge on any atom is -0.394 e. The molecule has 1 aliphatic rings. The number of rotatable bonds is 5. The van der Waals surface area contributed by atoms with Crippen LogP contribution in [0.5, 0.6) is 0 Å². The molecule has 176 valence electrons. The van der Waals surface area contributed by atoms with E-state index in [0.29, 0.717) is 43.7 Å². The van der Waals surface area contributed by atoms with Gasteiger partial charge in [0.05, 0.1) is 31.6 Å². The fourth-order valence-electron chi connectivity index (χ4n) is 3.85. The van der Waals surface area contributed by atoms with Crippen LogP contribution in [0.25, 0.3) is 0 Å². The molecule has 1 aromatic heterocycles. The zero-order chi connectivity index (χ0) is 23.1. The maximum atomic E-state index is 12.9. The van der Waals surface area contributed by atoms with Crippen molar-refractivity contribution in [1.82, 2.24) is 24.8 Å². The Balaban J connectivity index is 0.00000385. The van der Waals surface area contributed by atoms with Gasteiger partial charge in [0.25, 0.3) is 5.91 Å². The van der Waals surface area contributed by atoms with Gasteiger partial charge in [-0.1, -0.05) is 30.3 Å². The second-order valence-electron chi connectivity index (χ2n) is 8.53. The van der Waals surface area contributed by atoms with E-state index in [1.54, 1.807) is 33.7 Å². The number of benzene rings is 1. The molecule has 1 aliphatic heterocycles. The van der Waals surface area contributed by atoms with Gasteiger partial charge in [-0.3, -0.25) is 14.3 Å². The molecule has 2 amide bonds. The molecule has 0 aliphatic carbocycles. The van der Waals surface area contributed by atoms with Crippen LogP contribution in [0.15, 0.2) is 36.5 Å². The lowest BCUT2D eigenvalue weighted by Gasteiger charge is -2.35. The van der Waals surface area contributed by atoms with E-state index in [-0.39, 0.29) is 44.5 Å². The smallest absolute Gasteiger partial charge is 0.253 e. The number of carbonyl (C=O) groups excluding carboxylic acids is 2. The number of fused-ring (bicyclic) bond motifs is 2. The number of ether oxygens (including phenoxy) is 1. The lowest BCUT2D eigenvalue weighted by Crippen LogP contribution is -2.47. The van der Waals surface area contributed by atoms with Gasteiger partial charge in [-0.15, -0.1) is 5.10 Å². The predicted octanol–water partition coefficient (Wildman–Crippen LogP) is 1.82. The van der Waals surface area contributed by atoms with E-state index in [1.807, 2.05) is 38.2 Å². The van der Waals surface area contributed by atoms with Crippen LogP contribution in [0.1, 0.15) is 44.2 Å².